The van der Waals surface area contributed by atoms with Crippen LogP contribution in [-0.4, -0.2) is 7.05 Å². The lowest BCUT2D eigenvalue weighted by molar-refractivity contribution is 0.584. The predicted octanol–water partition coefficient (Wildman–Crippen LogP) is 7.45. The monoisotopic (exact) mass is 369 g/mol. The van der Waals surface area contributed by atoms with E-state index in [1.165, 1.54) is 21.9 Å². The Balaban J connectivity index is 0.000000336. The van der Waals surface area contributed by atoms with Crippen LogP contribution >= 0.6 is 0 Å². The van der Waals surface area contributed by atoms with E-state index < -0.39 is 0 Å². The molecule has 3 aromatic rings. The van der Waals surface area contributed by atoms with Crippen LogP contribution in [0.15, 0.2) is 104 Å². The second kappa shape index (κ2) is 9.75. The Morgan fingerprint density at radius 2 is 1.61 bits per heavy atom. The Hall–Kier alpha value is -3.06. The average Bonchev–Trinajstić information content (AvgIpc) is 2.73. The highest BCUT2D eigenvalue weighted by Gasteiger charge is 2.30. The van der Waals surface area contributed by atoms with Gasteiger partial charge in [0, 0.05) is 23.5 Å². The second-order valence-electron chi connectivity index (χ2n) is 7.17. The molecule has 0 saturated heterocycles. The molecule has 1 atom stereocenters. The zero-order chi connectivity index (χ0) is 20.6. The summed E-state index contributed by atoms with van der Waals surface area (Å²) in [6.45, 7) is 16.3. The van der Waals surface area contributed by atoms with Gasteiger partial charge in [-0.15, -0.1) is 6.58 Å². The Labute approximate surface area is 170 Å². The van der Waals surface area contributed by atoms with E-state index in [2.05, 4.69) is 87.4 Å². The largest absolute Gasteiger partial charge is 0.387 e. The van der Waals surface area contributed by atoms with Crippen molar-refractivity contribution in [3.63, 3.8) is 0 Å². The first kappa shape index (κ1) is 21.2. The number of rotatable bonds is 6. The molecule has 0 saturated carbocycles. The van der Waals surface area contributed by atoms with Crippen LogP contribution in [0.2, 0.25) is 0 Å². The van der Waals surface area contributed by atoms with Gasteiger partial charge in [0.1, 0.15) is 0 Å². The maximum Gasteiger partial charge on any atom is 0.0458 e. The van der Waals surface area contributed by atoms with Crippen LogP contribution in [0.25, 0.3) is 10.8 Å². The summed E-state index contributed by atoms with van der Waals surface area (Å²) in [7, 11) is 1.97. The highest BCUT2D eigenvalue weighted by atomic mass is 14.8. The molecule has 0 spiro atoms. The van der Waals surface area contributed by atoms with Gasteiger partial charge in [-0.3, -0.25) is 0 Å². The van der Waals surface area contributed by atoms with Crippen LogP contribution in [-0.2, 0) is 5.41 Å². The van der Waals surface area contributed by atoms with Crippen molar-refractivity contribution in [3.05, 3.63) is 115 Å². The molecule has 0 aromatic heterocycles. The summed E-state index contributed by atoms with van der Waals surface area (Å²) in [5.41, 5.74) is 4.51. The minimum atomic E-state index is -0.203. The molecule has 144 valence electrons. The zero-order valence-electron chi connectivity index (χ0n) is 17.3. The Morgan fingerprint density at radius 3 is 2.14 bits per heavy atom. The van der Waals surface area contributed by atoms with Gasteiger partial charge in [0.15, 0.2) is 0 Å². The summed E-state index contributed by atoms with van der Waals surface area (Å²) in [5, 5.41) is 5.83. The fourth-order valence-corrected chi connectivity index (χ4v) is 3.46. The third-order valence-electron chi connectivity index (χ3n) is 5.22. The van der Waals surface area contributed by atoms with E-state index in [9.17, 15) is 0 Å². The van der Waals surface area contributed by atoms with Gasteiger partial charge in [0.25, 0.3) is 0 Å². The van der Waals surface area contributed by atoms with Crippen molar-refractivity contribution in [1.82, 2.24) is 0 Å². The van der Waals surface area contributed by atoms with Crippen LogP contribution in [0.4, 0.5) is 5.69 Å². The van der Waals surface area contributed by atoms with Crippen molar-refractivity contribution < 1.29 is 0 Å². The van der Waals surface area contributed by atoms with Gasteiger partial charge in [0.2, 0.25) is 0 Å². The first-order valence-electron chi connectivity index (χ1n) is 9.62. The van der Waals surface area contributed by atoms with E-state index in [4.69, 9.17) is 0 Å². The molecule has 0 aliphatic heterocycles. The van der Waals surface area contributed by atoms with E-state index in [-0.39, 0.29) is 5.41 Å². The Bertz CT molecular complexity index is 952. The standard InChI is InChI=1S/C20H23N.C7H8/c1-6-14-20(4,15(3)7-2)18-13-12-16-10-8-9-11-17(16)19(18)21-5;1-7-5-3-2-4-6-7/h6-13,21H,1-3,14H2,4-5H3;2-6H,1H3. The summed E-state index contributed by atoms with van der Waals surface area (Å²) < 4.78 is 0. The van der Waals surface area contributed by atoms with Gasteiger partial charge in [-0.05, 0) is 29.9 Å². The number of allylic oxidation sites excluding steroid dienone is 3. The summed E-state index contributed by atoms with van der Waals surface area (Å²) in [5.74, 6) is 0. The van der Waals surface area contributed by atoms with Crippen molar-refractivity contribution in [2.75, 3.05) is 12.4 Å². The van der Waals surface area contributed by atoms with Crippen molar-refractivity contribution in [2.24, 2.45) is 0 Å². The van der Waals surface area contributed by atoms with E-state index in [1.54, 1.807) is 0 Å². The number of hydrogen-bond donors (Lipinski definition) is 1. The molecule has 1 heteroatoms. The highest BCUT2D eigenvalue weighted by Crippen LogP contribution is 2.42. The van der Waals surface area contributed by atoms with Crippen LogP contribution in [0.5, 0.6) is 0 Å². The highest BCUT2D eigenvalue weighted by molar-refractivity contribution is 5.96. The molecule has 0 bridgehead atoms. The maximum atomic E-state index is 4.20. The normalized spacial score (nSPS) is 12.2. The molecule has 0 amide bonds. The summed E-state index contributed by atoms with van der Waals surface area (Å²) in [6, 6.07) is 23.0. The first-order chi connectivity index (χ1) is 13.5. The van der Waals surface area contributed by atoms with Gasteiger partial charge < -0.3 is 5.32 Å². The lowest BCUT2D eigenvalue weighted by atomic mass is 9.72. The lowest BCUT2D eigenvalue weighted by Gasteiger charge is -2.32. The van der Waals surface area contributed by atoms with Gasteiger partial charge >= 0.3 is 0 Å². The van der Waals surface area contributed by atoms with Gasteiger partial charge in [0.05, 0.1) is 0 Å². The topological polar surface area (TPSA) is 12.0 Å². The molecule has 0 fully saturated rings. The quantitative estimate of drug-likeness (QED) is 0.351. The summed E-state index contributed by atoms with van der Waals surface area (Å²) >= 11 is 0. The molecule has 28 heavy (non-hydrogen) atoms. The van der Waals surface area contributed by atoms with Crippen molar-refractivity contribution in [1.29, 1.82) is 0 Å². The molecule has 3 aromatic carbocycles. The molecule has 0 heterocycles. The van der Waals surface area contributed by atoms with E-state index in [0.717, 1.165) is 17.7 Å². The minimum Gasteiger partial charge on any atom is -0.387 e. The Kier molecular flexibility index (Phi) is 7.40. The van der Waals surface area contributed by atoms with Crippen molar-refractivity contribution >= 4 is 16.5 Å². The van der Waals surface area contributed by atoms with Crippen LogP contribution < -0.4 is 5.32 Å². The third-order valence-corrected chi connectivity index (χ3v) is 5.22. The van der Waals surface area contributed by atoms with Gasteiger partial charge in [-0.25, -0.2) is 0 Å². The van der Waals surface area contributed by atoms with E-state index in [1.807, 2.05) is 37.4 Å². The molecule has 3 rings (SSSR count). The van der Waals surface area contributed by atoms with Crippen LogP contribution in [0.3, 0.4) is 0 Å². The van der Waals surface area contributed by atoms with Crippen molar-refractivity contribution in [3.8, 4) is 0 Å². The first-order valence-corrected chi connectivity index (χ1v) is 9.62. The van der Waals surface area contributed by atoms with Crippen molar-refractivity contribution in [2.45, 2.75) is 25.7 Å². The SMILES string of the molecule is C=CCC(C)(C(=C)C=C)c1ccc2ccccc2c1NC.Cc1ccccc1. The molecule has 1 nitrogen and oxygen atoms in total. The second-order valence-corrected chi connectivity index (χ2v) is 7.17. The Morgan fingerprint density at radius 1 is 0.964 bits per heavy atom. The van der Waals surface area contributed by atoms with E-state index in [0.29, 0.717) is 0 Å². The van der Waals surface area contributed by atoms with E-state index >= 15 is 0 Å². The maximum absolute atomic E-state index is 4.20. The predicted molar refractivity (Wildman–Crippen MR) is 126 cm³/mol. The third kappa shape index (κ3) is 4.61. The molecule has 1 unspecified atom stereocenters. The number of hydrogen-bond acceptors (Lipinski definition) is 1. The summed E-state index contributed by atoms with van der Waals surface area (Å²) in [6.07, 6.45) is 4.62. The fraction of sp³-hybridized carbons (Fsp3) is 0.185. The minimum absolute atomic E-state index is 0.203. The number of anilines is 1. The lowest BCUT2D eigenvalue weighted by Crippen LogP contribution is -2.24. The number of benzene rings is 3. The molecule has 1 N–H and O–H groups in total. The smallest absolute Gasteiger partial charge is 0.0458 e. The molecule has 0 aliphatic rings. The molecular formula is C27H31N. The molecule has 0 aliphatic carbocycles. The number of nitrogens with one attached hydrogen (secondary N) is 1. The number of fused-ring (bicyclic) bond motifs is 1. The molecular weight excluding hydrogens is 338 g/mol. The fourth-order valence-electron chi connectivity index (χ4n) is 3.46. The average molecular weight is 370 g/mol. The summed E-state index contributed by atoms with van der Waals surface area (Å²) in [4.78, 5) is 0. The van der Waals surface area contributed by atoms with Crippen LogP contribution in [0.1, 0.15) is 24.5 Å². The van der Waals surface area contributed by atoms with Gasteiger partial charge in [-0.2, -0.15) is 0 Å². The zero-order valence-corrected chi connectivity index (χ0v) is 17.3. The molecule has 0 radical (unpaired) electrons. The van der Waals surface area contributed by atoms with Crippen LogP contribution in [0, 0.1) is 6.92 Å². The number of aryl methyl sites for hydroxylation is 1. The van der Waals surface area contributed by atoms with Gasteiger partial charge in [-0.1, -0.05) is 105 Å².